The van der Waals surface area contributed by atoms with Gasteiger partial charge in [-0.05, 0) is 30.7 Å². The fraction of sp³-hybridized carbons (Fsp3) is 0.231. The summed E-state index contributed by atoms with van der Waals surface area (Å²) in [5.41, 5.74) is 0.732. The molecule has 5 nitrogen and oxygen atoms in total. The van der Waals surface area contributed by atoms with E-state index in [-0.39, 0.29) is 11.3 Å². The number of rotatable bonds is 5. The first-order chi connectivity index (χ1) is 8.58. The summed E-state index contributed by atoms with van der Waals surface area (Å²) in [7, 11) is 1.39. The molecule has 5 heteroatoms. The van der Waals surface area contributed by atoms with Gasteiger partial charge in [-0.1, -0.05) is 6.07 Å². The Kier molecular flexibility index (Phi) is 4.92. The SMILES string of the molecule is CCOC(=O)/C=C/c1ccc(C(=O)O)c(OC)c1. The van der Waals surface area contributed by atoms with E-state index in [2.05, 4.69) is 0 Å². The van der Waals surface area contributed by atoms with Gasteiger partial charge in [-0.15, -0.1) is 0 Å². The van der Waals surface area contributed by atoms with Gasteiger partial charge in [0.2, 0.25) is 0 Å². The molecule has 0 radical (unpaired) electrons. The average molecular weight is 250 g/mol. The maximum Gasteiger partial charge on any atom is 0.339 e. The van der Waals surface area contributed by atoms with Crippen LogP contribution in [0.5, 0.6) is 5.75 Å². The standard InChI is InChI=1S/C13H14O5/c1-3-18-12(14)7-5-9-4-6-10(13(15)16)11(8-9)17-2/h4-8H,3H2,1-2H3,(H,15,16)/b7-5+. The number of benzene rings is 1. The van der Waals surface area contributed by atoms with Crippen LogP contribution in [0.15, 0.2) is 24.3 Å². The van der Waals surface area contributed by atoms with Crippen molar-refractivity contribution in [2.24, 2.45) is 0 Å². The minimum absolute atomic E-state index is 0.0748. The van der Waals surface area contributed by atoms with Crippen LogP contribution in [-0.2, 0) is 9.53 Å². The molecule has 0 unspecified atom stereocenters. The molecule has 0 aliphatic heterocycles. The van der Waals surface area contributed by atoms with Crippen molar-refractivity contribution >= 4 is 18.0 Å². The molecule has 1 rings (SSSR count). The minimum Gasteiger partial charge on any atom is -0.496 e. The van der Waals surface area contributed by atoms with Crippen LogP contribution in [0, 0.1) is 0 Å². The Hall–Kier alpha value is -2.30. The Labute approximate surface area is 105 Å². The molecule has 0 saturated carbocycles. The second-order valence-corrected chi connectivity index (χ2v) is 3.35. The largest absolute Gasteiger partial charge is 0.496 e. The fourth-order valence-corrected chi connectivity index (χ4v) is 1.34. The van der Waals surface area contributed by atoms with Gasteiger partial charge in [0.05, 0.1) is 13.7 Å². The molecule has 0 bridgehead atoms. The highest BCUT2D eigenvalue weighted by molar-refractivity contribution is 5.92. The quantitative estimate of drug-likeness (QED) is 0.639. The number of aromatic carboxylic acids is 1. The maximum atomic E-state index is 11.1. The third-order valence-electron chi connectivity index (χ3n) is 2.15. The van der Waals surface area contributed by atoms with Crippen molar-refractivity contribution < 1.29 is 24.2 Å². The summed E-state index contributed by atoms with van der Waals surface area (Å²) in [6, 6.07) is 4.55. The molecule has 0 aromatic heterocycles. The van der Waals surface area contributed by atoms with E-state index in [1.165, 1.54) is 25.3 Å². The number of esters is 1. The van der Waals surface area contributed by atoms with Crippen molar-refractivity contribution in [2.75, 3.05) is 13.7 Å². The molecule has 18 heavy (non-hydrogen) atoms. The number of carbonyl (C=O) groups is 2. The van der Waals surface area contributed by atoms with Gasteiger partial charge in [-0.25, -0.2) is 9.59 Å². The van der Waals surface area contributed by atoms with Gasteiger partial charge < -0.3 is 14.6 Å². The zero-order valence-corrected chi connectivity index (χ0v) is 10.2. The van der Waals surface area contributed by atoms with Gasteiger partial charge in [0.25, 0.3) is 0 Å². The molecule has 0 atom stereocenters. The summed E-state index contributed by atoms with van der Waals surface area (Å²) in [4.78, 5) is 22.0. The summed E-state index contributed by atoms with van der Waals surface area (Å²) in [6.07, 6.45) is 2.81. The van der Waals surface area contributed by atoms with Crippen LogP contribution in [0.4, 0.5) is 0 Å². The number of methoxy groups -OCH3 is 1. The highest BCUT2D eigenvalue weighted by Gasteiger charge is 2.10. The summed E-state index contributed by atoms with van der Waals surface area (Å²) in [6.45, 7) is 2.03. The number of hydrogen-bond donors (Lipinski definition) is 1. The Balaban J connectivity index is 2.92. The second-order valence-electron chi connectivity index (χ2n) is 3.35. The maximum absolute atomic E-state index is 11.1. The molecule has 1 aromatic rings. The highest BCUT2D eigenvalue weighted by atomic mass is 16.5. The first-order valence-electron chi connectivity index (χ1n) is 5.34. The van der Waals surface area contributed by atoms with Gasteiger partial charge >= 0.3 is 11.9 Å². The molecule has 0 aliphatic carbocycles. The average Bonchev–Trinajstić information content (AvgIpc) is 2.36. The lowest BCUT2D eigenvalue weighted by Crippen LogP contribution is -2.01. The predicted molar refractivity (Wildman–Crippen MR) is 65.6 cm³/mol. The van der Waals surface area contributed by atoms with Crippen LogP contribution in [-0.4, -0.2) is 30.8 Å². The van der Waals surface area contributed by atoms with Crippen molar-refractivity contribution in [3.8, 4) is 5.75 Å². The number of ether oxygens (including phenoxy) is 2. The normalized spacial score (nSPS) is 10.3. The van der Waals surface area contributed by atoms with E-state index in [0.29, 0.717) is 12.2 Å². The molecule has 0 aliphatic rings. The lowest BCUT2D eigenvalue weighted by atomic mass is 10.1. The van der Waals surface area contributed by atoms with Gasteiger partial charge in [0.15, 0.2) is 0 Å². The second kappa shape index (κ2) is 6.44. The molecule has 0 amide bonds. The number of hydrogen-bond acceptors (Lipinski definition) is 4. The molecule has 1 N–H and O–H groups in total. The lowest BCUT2D eigenvalue weighted by molar-refractivity contribution is -0.137. The Morgan fingerprint density at radius 3 is 2.67 bits per heavy atom. The monoisotopic (exact) mass is 250 g/mol. The highest BCUT2D eigenvalue weighted by Crippen LogP contribution is 2.20. The molecule has 0 saturated heterocycles. The lowest BCUT2D eigenvalue weighted by Gasteiger charge is -2.05. The van der Waals surface area contributed by atoms with Crippen molar-refractivity contribution in [2.45, 2.75) is 6.92 Å². The van der Waals surface area contributed by atoms with E-state index in [0.717, 1.165) is 0 Å². The first-order valence-corrected chi connectivity index (χ1v) is 5.34. The van der Waals surface area contributed by atoms with E-state index in [1.54, 1.807) is 19.1 Å². The Bertz CT molecular complexity index is 476. The third kappa shape index (κ3) is 3.62. The van der Waals surface area contributed by atoms with Crippen LogP contribution in [0.1, 0.15) is 22.8 Å². The van der Waals surface area contributed by atoms with Gasteiger partial charge in [-0.2, -0.15) is 0 Å². The molecular weight excluding hydrogens is 236 g/mol. The van der Waals surface area contributed by atoms with Crippen LogP contribution in [0.2, 0.25) is 0 Å². The van der Waals surface area contributed by atoms with E-state index in [1.807, 2.05) is 0 Å². The topological polar surface area (TPSA) is 72.8 Å². The van der Waals surface area contributed by atoms with Crippen LogP contribution in [0.3, 0.4) is 0 Å². The summed E-state index contributed by atoms with van der Waals surface area (Å²) >= 11 is 0. The van der Waals surface area contributed by atoms with Gasteiger partial charge in [-0.3, -0.25) is 0 Å². The van der Waals surface area contributed by atoms with Crippen molar-refractivity contribution in [1.29, 1.82) is 0 Å². The molecule has 0 fully saturated rings. The van der Waals surface area contributed by atoms with Crippen LogP contribution >= 0.6 is 0 Å². The van der Waals surface area contributed by atoms with Gasteiger partial charge in [0.1, 0.15) is 11.3 Å². The third-order valence-corrected chi connectivity index (χ3v) is 2.15. The Morgan fingerprint density at radius 1 is 1.39 bits per heavy atom. The van der Waals surface area contributed by atoms with Gasteiger partial charge in [0, 0.05) is 6.08 Å². The van der Waals surface area contributed by atoms with E-state index < -0.39 is 11.9 Å². The van der Waals surface area contributed by atoms with E-state index >= 15 is 0 Å². The van der Waals surface area contributed by atoms with Crippen molar-refractivity contribution in [3.05, 3.63) is 35.4 Å². The van der Waals surface area contributed by atoms with Crippen LogP contribution < -0.4 is 4.74 Å². The molecule has 0 heterocycles. The Morgan fingerprint density at radius 2 is 2.11 bits per heavy atom. The van der Waals surface area contributed by atoms with E-state index in [9.17, 15) is 9.59 Å². The van der Waals surface area contributed by atoms with Crippen molar-refractivity contribution in [3.63, 3.8) is 0 Å². The minimum atomic E-state index is -1.06. The first kappa shape index (κ1) is 13.8. The molecule has 1 aromatic carbocycles. The molecule has 96 valence electrons. The number of carboxylic acids is 1. The van der Waals surface area contributed by atoms with E-state index in [4.69, 9.17) is 14.6 Å². The summed E-state index contributed by atoms with van der Waals surface area (Å²) in [5, 5.41) is 8.90. The smallest absolute Gasteiger partial charge is 0.339 e. The number of carboxylic acid groups (broad SMARTS) is 1. The van der Waals surface area contributed by atoms with Crippen LogP contribution in [0.25, 0.3) is 6.08 Å². The summed E-state index contributed by atoms with van der Waals surface area (Å²) in [5.74, 6) is -1.26. The van der Waals surface area contributed by atoms with Crippen molar-refractivity contribution in [1.82, 2.24) is 0 Å². The molecule has 0 spiro atoms. The number of carbonyl (C=O) groups excluding carboxylic acids is 1. The molecular formula is C13H14O5. The zero-order chi connectivity index (χ0) is 13.5. The zero-order valence-electron chi connectivity index (χ0n) is 10.2. The summed E-state index contributed by atoms with van der Waals surface area (Å²) < 4.78 is 9.70. The predicted octanol–water partition coefficient (Wildman–Crippen LogP) is 1.97. The fourth-order valence-electron chi connectivity index (χ4n) is 1.34.